The predicted octanol–water partition coefficient (Wildman–Crippen LogP) is 3.91. The first-order valence-electron chi connectivity index (χ1n) is 5.51. The summed E-state index contributed by atoms with van der Waals surface area (Å²) in [6, 6.07) is 5.34. The Kier molecular flexibility index (Phi) is 2.92. The Morgan fingerprint density at radius 2 is 1.83 bits per heavy atom. The molecule has 2 aromatic rings. The van der Waals surface area contributed by atoms with E-state index in [1.165, 1.54) is 6.92 Å². The first-order valence-corrected chi connectivity index (χ1v) is 5.51. The van der Waals surface area contributed by atoms with Crippen molar-refractivity contribution in [3.63, 3.8) is 0 Å². The van der Waals surface area contributed by atoms with E-state index in [-0.39, 0.29) is 5.56 Å². The van der Waals surface area contributed by atoms with E-state index in [1.807, 2.05) is 6.07 Å². The summed E-state index contributed by atoms with van der Waals surface area (Å²) in [6.07, 6.45) is -4.44. The third kappa shape index (κ3) is 1.89. The number of halogens is 3. The summed E-state index contributed by atoms with van der Waals surface area (Å²) in [5.41, 5.74) is 0.905. The molecule has 96 valence electrons. The number of alkyl halides is 3. The van der Waals surface area contributed by atoms with Crippen molar-refractivity contribution in [3.05, 3.63) is 35.0 Å². The average Bonchev–Trinajstić information content (AvgIpc) is 2.27. The highest BCUT2D eigenvalue weighted by molar-refractivity contribution is 5.95. The van der Waals surface area contributed by atoms with E-state index in [0.29, 0.717) is 16.6 Å². The maximum absolute atomic E-state index is 12.9. The van der Waals surface area contributed by atoms with Crippen LogP contribution in [-0.4, -0.2) is 12.0 Å². The van der Waals surface area contributed by atoms with Crippen molar-refractivity contribution in [1.82, 2.24) is 4.98 Å². The minimum Gasteiger partial charge on any atom is -0.387 e. The molecule has 0 unspecified atom stereocenters. The van der Waals surface area contributed by atoms with Crippen molar-refractivity contribution < 1.29 is 13.2 Å². The molecule has 0 spiro atoms. The van der Waals surface area contributed by atoms with Crippen LogP contribution in [0, 0.1) is 13.8 Å². The van der Waals surface area contributed by atoms with Crippen LogP contribution in [0.3, 0.4) is 0 Å². The second-order valence-electron chi connectivity index (χ2n) is 4.18. The van der Waals surface area contributed by atoms with Gasteiger partial charge in [0, 0.05) is 23.7 Å². The summed E-state index contributed by atoms with van der Waals surface area (Å²) in [5, 5.41) is 3.55. The molecular weight excluding hydrogens is 241 g/mol. The van der Waals surface area contributed by atoms with Gasteiger partial charge >= 0.3 is 6.18 Å². The van der Waals surface area contributed by atoms with Crippen molar-refractivity contribution in [3.8, 4) is 0 Å². The first kappa shape index (κ1) is 12.7. The third-order valence-electron chi connectivity index (χ3n) is 2.98. The number of fused-ring (bicyclic) bond motifs is 1. The van der Waals surface area contributed by atoms with Gasteiger partial charge in [-0.05, 0) is 19.4 Å². The van der Waals surface area contributed by atoms with Crippen molar-refractivity contribution in [1.29, 1.82) is 0 Å². The summed E-state index contributed by atoms with van der Waals surface area (Å²) < 4.78 is 38.8. The molecule has 0 saturated heterocycles. The van der Waals surface area contributed by atoms with Gasteiger partial charge in [-0.15, -0.1) is 0 Å². The number of pyridine rings is 1. The zero-order valence-electron chi connectivity index (χ0n) is 10.3. The van der Waals surface area contributed by atoms with Crippen LogP contribution in [0.25, 0.3) is 10.9 Å². The SMILES string of the molecule is CNc1c(C)c(C(F)(F)F)nc2c(C)cccc12. The second-order valence-corrected chi connectivity index (χ2v) is 4.18. The highest BCUT2D eigenvalue weighted by atomic mass is 19.4. The lowest BCUT2D eigenvalue weighted by Crippen LogP contribution is -2.13. The largest absolute Gasteiger partial charge is 0.433 e. The Hall–Kier alpha value is -1.78. The van der Waals surface area contributed by atoms with E-state index < -0.39 is 11.9 Å². The van der Waals surface area contributed by atoms with Gasteiger partial charge in [0.05, 0.1) is 5.52 Å². The van der Waals surface area contributed by atoms with Gasteiger partial charge in [0.1, 0.15) is 5.69 Å². The molecule has 0 saturated carbocycles. The monoisotopic (exact) mass is 254 g/mol. The lowest BCUT2D eigenvalue weighted by atomic mass is 10.0. The van der Waals surface area contributed by atoms with Crippen LogP contribution in [0.1, 0.15) is 16.8 Å². The number of hydrogen-bond acceptors (Lipinski definition) is 2. The quantitative estimate of drug-likeness (QED) is 0.834. The Labute approximate surface area is 103 Å². The summed E-state index contributed by atoms with van der Waals surface area (Å²) in [7, 11) is 1.62. The molecule has 2 rings (SSSR count). The number of nitrogens with zero attached hydrogens (tertiary/aromatic N) is 1. The standard InChI is InChI=1S/C13H13F3N2/c1-7-5-4-6-9-10(7)18-12(13(14,15)16)8(2)11(9)17-3/h4-6H,1-3H3,(H,17,18). The van der Waals surface area contributed by atoms with Crippen molar-refractivity contribution in [2.24, 2.45) is 0 Å². The van der Waals surface area contributed by atoms with Gasteiger partial charge in [0.25, 0.3) is 0 Å². The summed E-state index contributed by atoms with van der Waals surface area (Å²) in [5.74, 6) is 0. The van der Waals surface area contributed by atoms with E-state index in [2.05, 4.69) is 10.3 Å². The molecule has 0 aliphatic heterocycles. The van der Waals surface area contributed by atoms with E-state index in [1.54, 1.807) is 26.1 Å². The fraction of sp³-hybridized carbons (Fsp3) is 0.308. The molecule has 0 aliphatic carbocycles. The van der Waals surface area contributed by atoms with Crippen molar-refractivity contribution in [2.45, 2.75) is 20.0 Å². The van der Waals surface area contributed by atoms with Crippen molar-refractivity contribution in [2.75, 3.05) is 12.4 Å². The molecule has 0 fully saturated rings. The maximum atomic E-state index is 12.9. The Balaban J connectivity index is 2.92. The minimum atomic E-state index is -4.44. The fourth-order valence-electron chi connectivity index (χ4n) is 2.12. The summed E-state index contributed by atoms with van der Waals surface area (Å²) >= 11 is 0. The molecule has 1 aromatic heterocycles. The van der Waals surface area contributed by atoms with E-state index in [9.17, 15) is 13.2 Å². The van der Waals surface area contributed by atoms with Gasteiger partial charge in [-0.1, -0.05) is 18.2 Å². The lowest BCUT2D eigenvalue weighted by Gasteiger charge is -2.16. The van der Waals surface area contributed by atoms with Crippen molar-refractivity contribution >= 4 is 16.6 Å². The Morgan fingerprint density at radius 1 is 1.17 bits per heavy atom. The highest BCUT2D eigenvalue weighted by Gasteiger charge is 2.36. The highest BCUT2D eigenvalue weighted by Crippen LogP contribution is 2.37. The third-order valence-corrected chi connectivity index (χ3v) is 2.98. The summed E-state index contributed by atoms with van der Waals surface area (Å²) in [6.45, 7) is 3.19. The molecule has 0 radical (unpaired) electrons. The van der Waals surface area contributed by atoms with Gasteiger partial charge in [0.15, 0.2) is 0 Å². The van der Waals surface area contributed by atoms with Crippen LogP contribution in [0.2, 0.25) is 0 Å². The smallest absolute Gasteiger partial charge is 0.387 e. The number of rotatable bonds is 1. The molecule has 2 nitrogen and oxygen atoms in total. The average molecular weight is 254 g/mol. The second kappa shape index (κ2) is 4.15. The molecular formula is C13H13F3N2. The minimum absolute atomic E-state index is 0.128. The molecule has 0 amide bonds. The zero-order chi connectivity index (χ0) is 13.5. The molecule has 1 N–H and O–H groups in total. The number of anilines is 1. The number of aromatic nitrogens is 1. The van der Waals surface area contributed by atoms with E-state index >= 15 is 0 Å². The topological polar surface area (TPSA) is 24.9 Å². The van der Waals surface area contributed by atoms with E-state index in [4.69, 9.17) is 0 Å². The Morgan fingerprint density at radius 3 is 2.39 bits per heavy atom. The molecule has 5 heteroatoms. The summed E-state index contributed by atoms with van der Waals surface area (Å²) in [4.78, 5) is 3.79. The lowest BCUT2D eigenvalue weighted by molar-refractivity contribution is -0.141. The van der Waals surface area contributed by atoms with Crippen LogP contribution in [0.4, 0.5) is 18.9 Å². The maximum Gasteiger partial charge on any atom is 0.433 e. The van der Waals surface area contributed by atoms with Crippen LogP contribution >= 0.6 is 0 Å². The van der Waals surface area contributed by atoms with E-state index in [0.717, 1.165) is 5.56 Å². The number of benzene rings is 1. The molecule has 0 bridgehead atoms. The molecule has 1 heterocycles. The predicted molar refractivity (Wildman–Crippen MR) is 65.8 cm³/mol. The molecule has 1 aromatic carbocycles. The molecule has 18 heavy (non-hydrogen) atoms. The number of hydrogen-bond donors (Lipinski definition) is 1. The fourth-order valence-corrected chi connectivity index (χ4v) is 2.12. The van der Waals surface area contributed by atoms with Crippen LogP contribution in [-0.2, 0) is 6.18 Å². The van der Waals surface area contributed by atoms with Gasteiger partial charge in [-0.25, -0.2) is 4.98 Å². The van der Waals surface area contributed by atoms with Gasteiger partial charge in [0.2, 0.25) is 0 Å². The van der Waals surface area contributed by atoms with Crippen LogP contribution < -0.4 is 5.32 Å². The van der Waals surface area contributed by atoms with Gasteiger partial charge in [-0.2, -0.15) is 13.2 Å². The molecule has 0 atom stereocenters. The van der Waals surface area contributed by atoms with Crippen LogP contribution in [0.5, 0.6) is 0 Å². The number of para-hydroxylation sites is 1. The van der Waals surface area contributed by atoms with Crippen LogP contribution in [0.15, 0.2) is 18.2 Å². The normalized spacial score (nSPS) is 11.9. The van der Waals surface area contributed by atoms with Gasteiger partial charge in [-0.3, -0.25) is 0 Å². The number of nitrogens with one attached hydrogen (secondary N) is 1. The molecule has 0 aliphatic rings. The zero-order valence-corrected chi connectivity index (χ0v) is 10.3. The van der Waals surface area contributed by atoms with Gasteiger partial charge < -0.3 is 5.32 Å². The Bertz CT molecular complexity index is 603. The first-order chi connectivity index (χ1) is 8.36. The number of aryl methyl sites for hydroxylation is 1.